The maximum Gasteiger partial charge on any atom is 0.237 e. The summed E-state index contributed by atoms with van der Waals surface area (Å²) in [4.78, 5) is 12.0. The lowest BCUT2D eigenvalue weighted by atomic mass is 10.1. The van der Waals surface area contributed by atoms with Crippen molar-refractivity contribution >= 4 is 41.5 Å². The summed E-state index contributed by atoms with van der Waals surface area (Å²) in [7, 11) is 0. The second-order valence-electron chi connectivity index (χ2n) is 4.57. The Hall–Kier alpha value is -0.480. The molecular weight excluding hydrogens is 319 g/mol. The van der Waals surface area contributed by atoms with E-state index >= 15 is 0 Å². The number of nitrogens with one attached hydrogen (secondary N) is 2. The Kier molecular flexibility index (Phi) is 9.23. The highest BCUT2D eigenvalue weighted by atomic mass is 35.5. The fourth-order valence-electron chi connectivity index (χ4n) is 1.72. The Bertz CT molecular complexity index is 440. The summed E-state index contributed by atoms with van der Waals surface area (Å²) in [6.45, 7) is 6.64. The fraction of sp³-hybridized carbons (Fsp3) is 0.500. The summed E-state index contributed by atoms with van der Waals surface area (Å²) in [6.07, 6.45) is 0.996. The molecule has 0 heterocycles. The molecule has 0 spiro atoms. The van der Waals surface area contributed by atoms with E-state index in [2.05, 4.69) is 17.6 Å². The molecule has 114 valence electrons. The van der Waals surface area contributed by atoms with Crippen LogP contribution in [0.5, 0.6) is 0 Å². The summed E-state index contributed by atoms with van der Waals surface area (Å²) in [5, 5.41) is 7.24. The number of carbonyl (C=O) groups excluding carboxylic acids is 1. The lowest BCUT2D eigenvalue weighted by Crippen LogP contribution is -2.43. The average Bonchev–Trinajstić information content (AvgIpc) is 2.35. The minimum atomic E-state index is -0.214. The topological polar surface area (TPSA) is 41.1 Å². The van der Waals surface area contributed by atoms with Crippen LogP contribution in [0.15, 0.2) is 18.2 Å². The number of hydrogen-bond acceptors (Lipinski definition) is 2. The van der Waals surface area contributed by atoms with Gasteiger partial charge in [-0.3, -0.25) is 4.79 Å². The maximum atomic E-state index is 12.0. The number of benzene rings is 1. The van der Waals surface area contributed by atoms with E-state index in [1.165, 1.54) is 0 Å². The highest BCUT2D eigenvalue weighted by Gasteiger charge is 2.17. The van der Waals surface area contributed by atoms with Crippen LogP contribution >= 0.6 is 35.6 Å². The van der Waals surface area contributed by atoms with Gasteiger partial charge >= 0.3 is 0 Å². The second kappa shape index (κ2) is 9.46. The van der Waals surface area contributed by atoms with Gasteiger partial charge in [-0.05, 0) is 44.5 Å². The number of rotatable bonds is 6. The Morgan fingerprint density at radius 1 is 1.30 bits per heavy atom. The minimum absolute atomic E-state index is 0. The zero-order valence-corrected chi connectivity index (χ0v) is 14.2. The number of halogens is 3. The molecule has 0 saturated heterocycles. The van der Waals surface area contributed by atoms with E-state index in [9.17, 15) is 4.79 Å². The van der Waals surface area contributed by atoms with Crippen LogP contribution in [0.1, 0.15) is 38.8 Å². The molecule has 0 fully saturated rings. The van der Waals surface area contributed by atoms with Crippen LogP contribution in [0.2, 0.25) is 10.0 Å². The van der Waals surface area contributed by atoms with E-state index in [1.54, 1.807) is 12.1 Å². The summed E-state index contributed by atoms with van der Waals surface area (Å²) in [5.41, 5.74) is 0.863. The van der Waals surface area contributed by atoms with Crippen LogP contribution < -0.4 is 10.6 Å². The van der Waals surface area contributed by atoms with Crippen LogP contribution in [0.3, 0.4) is 0 Å². The molecule has 0 radical (unpaired) electrons. The zero-order chi connectivity index (χ0) is 14.4. The van der Waals surface area contributed by atoms with Gasteiger partial charge in [-0.1, -0.05) is 36.2 Å². The van der Waals surface area contributed by atoms with Gasteiger partial charge < -0.3 is 10.6 Å². The number of carbonyl (C=O) groups is 1. The SMILES string of the molecule is CCCNC(C)C(=O)NC(C)c1ccc(Cl)cc1Cl.Cl. The van der Waals surface area contributed by atoms with Crippen molar-refractivity contribution in [2.45, 2.75) is 39.3 Å². The molecule has 0 saturated carbocycles. The molecule has 0 aliphatic heterocycles. The Morgan fingerprint density at radius 3 is 2.50 bits per heavy atom. The first-order valence-corrected chi connectivity index (χ1v) is 7.20. The summed E-state index contributed by atoms with van der Waals surface area (Å²) >= 11 is 12.0. The van der Waals surface area contributed by atoms with Crippen LogP contribution in [-0.4, -0.2) is 18.5 Å². The zero-order valence-electron chi connectivity index (χ0n) is 11.9. The van der Waals surface area contributed by atoms with Crippen LogP contribution in [0, 0.1) is 0 Å². The van der Waals surface area contributed by atoms with E-state index in [-0.39, 0.29) is 30.4 Å². The van der Waals surface area contributed by atoms with Crippen molar-refractivity contribution in [3.05, 3.63) is 33.8 Å². The third-order valence-electron chi connectivity index (χ3n) is 2.88. The molecule has 2 atom stereocenters. The van der Waals surface area contributed by atoms with Gasteiger partial charge in [0.2, 0.25) is 5.91 Å². The predicted molar refractivity (Wildman–Crippen MR) is 88.0 cm³/mol. The standard InChI is InChI=1S/C14H20Cl2N2O.ClH/c1-4-7-17-10(3)14(19)18-9(2)12-6-5-11(15)8-13(12)16;/h5-6,8-10,17H,4,7H2,1-3H3,(H,18,19);1H. The lowest BCUT2D eigenvalue weighted by molar-refractivity contribution is -0.123. The van der Waals surface area contributed by atoms with Crippen molar-refractivity contribution in [2.75, 3.05) is 6.54 Å². The Morgan fingerprint density at radius 2 is 1.95 bits per heavy atom. The van der Waals surface area contributed by atoms with Gasteiger partial charge in [-0.2, -0.15) is 0 Å². The van der Waals surface area contributed by atoms with E-state index < -0.39 is 0 Å². The molecule has 2 N–H and O–H groups in total. The van der Waals surface area contributed by atoms with Crippen molar-refractivity contribution in [1.29, 1.82) is 0 Å². The minimum Gasteiger partial charge on any atom is -0.348 e. The quantitative estimate of drug-likeness (QED) is 0.823. The molecule has 3 nitrogen and oxygen atoms in total. The molecular formula is C14H21Cl3N2O. The van der Waals surface area contributed by atoms with Crippen molar-refractivity contribution in [2.24, 2.45) is 0 Å². The molecule has 20 heavy (non-hydrogen) atoms. The van der Waals surface area contributed by atoms with Crippen LogP contribution in [0.4, 0.5) is 0 Å². The molecule has 6 heteroatoms. The molecule has 1 aromatic carbocycles. The van der Waals surface area contributed by atoms with Crippen molar-refractivity contribution in [3.63, 3.8) is 0 Å². The molecule has 0 aliphatic rings. The van der Waals surface area contributed by atoms with Crippen LogP contribution in [-0.2, 0) is 4.79 Å². The van der Waals surface area contributed by atoms with Crippen LogP contribution in [0.25, 0.3) is 0 Å². The fourth-order valence-corrected chi connectivity index (χ4v) is 2.29. The number of amides is 1. The van der Waals surface area contributed by atoms with Gasteiger partial charge in [0.1, 0.15) is 0 Å². The van der Waals surface area contributed by atoms with Gasteiger partial charge in [0.25, 0.3) is 0 Å². The Balaban J connectivity index is 0.00000361. The summed E-state index contributed by atoms with van der Waals surface area (Å²) < 4.78 is 0. The predicted octanol–water partition coefficient (Wildman–Crippen LogP) is 3.98. The molecule has 1 aromatic rings. The van der Waals surface area contributed by atoms with Gasteiger partial charge in [0, 0.05) is 10.0 Å². The molecule has 0 aliphatic carbocycles. The van der Waals surface area contributed by atoms with E-state index in [0.717, 1.165) is 18.5 Å². The van der Waals surface area contributed by atoms with Crippen molar-refractivity contribution < 1.29 is 4.79 Å². The monoisotopic (exact) mass is 338 g/mol. The van der Waals surface area contributed by atoms with Gasteiger partial charge in [-0.15, -0.1) is 12.4 Å². The first-order chi connectivity index (χ1) is 8.95. The van der Waals surface area contributed by atoms with Crippen molar-refractivity contribution in [1.82, 2.24) is 10.6 Å². The molecule has 0 aromatic heterocycles. The van der Waals surface area contributed by atoms with E-state index in [1.807, 2.05) is 19.9 Å². The molecule has 1 rings (SSSR count). The highest BCUT2D eigenvalue weighted by molar-refractivity contribution is 6.35. The molecule has 0 bridgehead atoms. The average molecular weight is 340 g/mol. The largest absolute Gasteiger partial charge is 0.348 e. The second-order valence-corrected chi connectivity index (χ2v) is 5.42. The first-order valence-electron chi connectivity index (χ1n) is 6.44. The summed E-state index contributed by atoms with van der Waals surface area (Å²) in [5.74, 6) is -0.0352. The summed E-state index contributed by atoms with van der Waals surface area (Å²) in [6, 6.07) is 4.92. The smallest absolute Gasteiger partial charge is 0.237 e. The Labute approximate surface area is 136 Å². The van der Waals surface area contributed by atoms with E-state index in [0.29, 0.717) is 10.0 Å². The lowest BCUT2D eigenvalue weighted by Gasteiger charge is -2.19. The van der Waals surface area contributed by atoms with Crippen molar-refractivity contribution in [3.8, 4) is 0 Å². The maximum absolute atomic E-state index is 12.0. The molecule has 1 amide bonds. The van der Waals surface area contributed by atoms with Gasteiger partial charge in [0.15, 0.2) is 0 Å². The van der Waals surface area contributed by atoms with Gasteiger partial charge in [0.05, 0.1) is 12.1 Å². The first kappa shape index (κ1) is 19.5. The number of hydrogen-bond donors (Lipinski definition) is 2. The third kappa shape index (κ3) is 5.88. The molecule has 2 unspecified atom stereocenters. The highest BCUT2D eigenvalue weighted by Crippen LogP contribution is 2.26. The van der Waals surface area contributed by atoms with Gasteiger partial charge in [-0.25, -0.2) is 0 Å². The van der Waals surface area contributed by atoms with E-state index in [4.69, 9.17) is 23.2 Å². The third-order valence-corrected chi connectivity index (χ3v) is 3.44. The normalized spacial score (nSPS) is 13.2.